The van der Waals surface area contributed by atoms with Gasteiger partial charge in [0, 0.05) is 11.9 Å². The number of phenolic OH excluding ortho intramolecular Hbond substituents is 2. The predicted octanol–water partition coefficient (Wildman–Crippen LogP) is 1.69. The summed E-state index contributed by atoms with van der Waals surface area (Å²) < 4.78 is 0. The summed E-state index contributed by atoms with van der Waals surface area (Å²) in [5, 5.41) is 18.0. The summed E-state index contributed by atoms with van der Waals surface area (Å²) >= 11 is 0. The third-order valence-corrected chi connectivity index (χ3v) is 2.39. The molecule has 5 heteroatoms. The second kappa shape index (κ2) is 7.33. The smallest absolute Gasteiger partial charge is 0.157 e. The van der Waals surface area contributed by atoms with E-state index in [0.29, 0.717) is 13.0 Å². The Balaban J connectivity index is 0.000000200. The van der Waals surface area contributed by atoms with Crippen LogP contribution in [0.2, 0.25) is 0 Å². The quantitative estimate of drug-likeness (QED) is 0.715. The molecule has 2 rings (SSSR count). The number of aryl methyl sites for hydroxylation is 2. The van der Waals surface area contributed by atoms with Gasteiger partial charge in [-0.2, -0.15) is 0 Å². The molecular weight excluding hydrogens is 242 g/mol. The molecule has 0 amide bonds. The van der Waals surface area contributed by atoms with E-state index in [-0.39, 0.29) is 11.5 Å². The van der Waals surface area contributed by atoms with E-state index in [1.54, 1.807) is 12.3 Å². The zero-order valence-corrected chi connectivity index (χ0v) is 11.2. The van der Waals surface area contributed by atoms with Gasteiger partial charge < -0.3 is 15.9 Å². The van der Waals surface area contributed by atoms with Crippen molar-refractivity contribution in [2.45, 2.75) is 20.3 Å². The van der Waals surface area contributed by atoms with Gasteiger partial charge in [0.2, 0.25) is 0 Å². The highest BCUT2D eigenvalue weighted by atomic mass is 16.3. The summed E-state index contributed by atoms with van der Waals surface area (Å²) in [5.41, 5.74) is 7.26. The second-order valence-electron chi connectivity index (χ2n) is 4.11. The van der Waals surface area contributed by atoms with Crippen LogP contribution >= 0.6 is 0 Å². The van der Waals surface area contributed by atoms with E-state index in [0.717, 1.165) is 17.1 Å². The van der Waals surface area contributed by atoms with Crippen LogP contribution in [0.15, 0.2) is 30.5 Å². The van der Waals surface area contributed by atoms with Crippen molar-refractivity contribution in [3.05, 3.63) is 47.5 Å². The number of aromatic hydroxyl groups is 2. The Hall–Kier alpha value is -2.14. The van der Waals surface area contributed by atoms with Gasteiger partial charge in [-0.15, -0.1) is 0 Å². The summed E-state index contributed by atoms with van der Waals surface area (Å²) in [7, 11) is 0. The van der Waals surface area contributed by atoms with Crippen LogP contribution < -0.4 is 5.73 Å². The minimum atomic E-state index is -0.0919. The van der Waals surface area contributed by atoms with Crippen molar-refractivity contribution in [2.75, 3.05) is 6.54 Å². The van der Waals surface area contributed by atoms with Gasteiger partial charge in [-0.25, -0.2) is 9.97 Å². The molecule has 1 aromatic carbocycles. The number of nitrogens with zero attached hydrogens (tertiary/aromatic N) is 2. The van der Waals surface area contributed by atoms with E-state index in [4.69, 9.17) is 15.9 Å². The summed E-state index contributed by atoms with van der Waals surface area (Å²) in [6.07, 6.45) is 2.48. The summed E-state index contributed by atoms with van der Waals surface area (Å²) in [6.45, 7) is 4.38. The Kier molecular flexibility index (Phi) is 5.75. The lowest BCUT2D eigenvalue weighted by atomic mass is 10.1. The lowest BCUT2D eigenvalue weighted by molar-refractivity contribution is 0.403. The van der Waals surface area contributed by atoms with E-state index in [2.05, 4.69) is 9.97 Å². The van der Waals surface area contributed by atoms with Gasteiger partial charge in [0.05, 0.1) is 0 Å². The topological polar surface area (TPSA) is 92.3 Å². The standard InChI is InChI=1S/C8H11NO2.C6H8N2/c9-4-3-6-1-2-7(10)8(11)5-6;1-5-3-4-7-6(2)8-5/h1-2,5,10-11H,3-4,9H2;3-4H,1-2H3. The molecule has 0 aliphatic rings. The molecule has 2 aromatic rings. The molecule has 19 heavy (non-hydrogen) atoms. The Morgan fingerprint density at radius 3 is 2.32 bits per heavy atom. The number of phenols is 2. The SMILES string of the molecule is Cc1ccnc(C)n1.NCCc1ccc(O)c(O)c1. The van der Waals surface area contributed by atoms with Gasteiger partial charge in [-0.3, -0.25) is 0 Å². The maximum atomic E-state index is 9.04. The van der Waals surface area contributed by atoms with Gasteiger partial charge in [-0.1, -0.05) is 6.07 Å². The van der Waals surface area contributed by atoms with Crippen LogP contribution in [0, 0.1) is 13.8 Å². The molecule has 0 atom stereocenters. The largest absolute Gasteiger partial charge is 0.504 e. The van der Waals surface area contributed by atoms with E-state index < -0.39 is 0 Å². The average molecular weight is 261 g/mol. The maximum Gasteiger partial charge on any atom is 0.157 e. The first-order valence-electron chi connectivity index (χ1n) is 6.00. The van der Waals surface area contributed by atoms with Crippen LogP contribution in [0.25, 0.3) is 0 Å². The number of rotatable bonds is 2. The minimum Gasteiger partial charge on any atom is -0.504 e. The highest BCUT2D eigenvalue weighted by Gasteiger charge is 1.98. The maximum absolute atomic E-state index is 9.04. The van der Waals surface area contributed by atoms with Crippen molar-refractivity contribution in [3.63, 3.8) is 0 Å². The molecule has 1 aromatic heterocycles. The Morgan fingerprint density at radius 1 is 1.11 bits per heavy atom. The third-order valence-electron chi connectivity index (χ3n) is 2.39. The first kappa shape index (κ1) is 14.9. The molecular formula is C14H19N3O2. The first-order valence-corrected chi connectivity index (χ1v) is 6.00. The number of nitrogens with two attached hydrogens (primary N) is 1. The molecule has 1 heterocycles. The molecule has 0 spiro atoms. The number of hydrogen-bond donors (Lipinski definition) is 3. The van der Waals surface area contributed by atoms with E-state index >= 15 is 0 Å². The molecule has 0 radical (unpaired) electrons. The van der Waals surface area contributed by atoms with Crippen molar-refractivity contribution in [1.82, 2.24) is 9.97 Å². The van der Waals surface area contributed by atoms with E-state index in [1.165, 1.54) is 12.1 Å². The van der Waals surface area contributed by atoms with Gasteiger partial charge >= 0.3 is 0 Å². The molecule has 0 bridgehead atoms. The fourth-order valence-corrected chi connectivity index (χ4v) is 1.47. The average Bonchev–Trinajstić information content (AvgIpc) is 2.35. The van der Waals surface area contributed by atoms with Gasteiger partial charge in [0.15, 0.2) is 11.5 Å². The molecule has 0 saturated carbocycles. The zero-order valence-electron chi connectivity index (χ0n) is 11.2. The van der Waals surface area contributed by atoms with Crippen LogP contribution in [-0.4, -0.2) is 26.7 Å². The summed E-state index contributed by atoms with van der Waals surface area (Å²) in [5.74, 6) is 0.659. The van der Waals surface area contributed by atoms with Crippen molar-refractivity contribution >= 4 is 0 Å². The highest BCUT2D eigenvalue weighted by Crippen LogP contribution is 2.24. The van der Waals surface area contributed by atoms with Crippen molar-refractivity contribution in [3.8, 4) is 11.5 Å². The van der Waals surface area contributed by atoms with Crippen molar-refractivity contribution in [2.24, 2.45) is 5.73 Å². The molecule has 0 aliphatic heterocycles. The molecule has 0 saturated heterocycles. The van der Waals surface area contributed by atoms with Gasteiger partial charge in [-0.05, 0) is 50.6 Å². The van der Waals surface area contributed by atoms with E-state index in [9.17, 15) is 0 Å². The van der Waals surface area contributed by atoms with Crippen molar-refractivity contribution in [1.29, 1.82) is 0 Å². The van der Waals surface area contributed by atoms with Crippen LogP contribution in [0.4, 0.5) is 0 Å². The fourth-order valence-electron chi connectivity index (χ4n) is 1.47. The Bertz CT molecular complexity index is 513. The molecule has 0 fully saturated rings. The van der Waals surface area contributed by atoms with Crippen LogP contribution in [0.5, 0.6) is 11.5 Å². The number of hydrogen-bond acceptors (Lipinski definition) is 5. The highest BCUT2D eigenvalue weighted by molar-refractivity contribution is 5.40. The third kappa shape index (κ3) is 5.35. The molecule has 5 nitrogen and oxygen atoms in total. The van der Waals surface area contributed by atoms with Gasteiger partial charge in [0.1, 0.15) is 5.82 Å². The fraction of sp³-hybridized carbons (Fsp3) is 0.286. The number of benzene rings is 1. The monoisotopic (exact) mass is 261 g/mol. The zero-order chi connectivity index (χ0) is 14.3. The minimum absolute atomic E-state index is 0.0871. The second-order valence-corrected chi connectivity index (χ2v) is 4.11. The Labute approximate surface area is 112 Å². The summed E-state index contributed by atoms with van der Waals surface area (Å²) in [6, 6.07) is 6.59. The first-order chi connectivity index (χ1) is 9.02. The molecule has 0 aliphatic carbocycles. The lowest BCUT2D eigenvalue weighted by Crippen LogP contribution is -2.02. The van der Waals surface area contributed by atoms with Crippen LogP contribution in [-0.2, 0) is 6.42 Å². The lowest BCUT2D eigenvalue weighted by Gasteiger charge is -2.00. The number of aromatic nitrogens is 2. The Morgan fingerprint density at radius 2 is 1.84 bits per heavy atom. The van der Waals surface area contributed by atoms with Crippen LogP contribution in [0.1, 0.15) is 17.1 Å². The normalized spacial score (nSPS) is 9.63. The van der Waals surface area contributed by atoms with E-state index in [1.807, 2.05) is 19.9 Å². The summed E-state index contributed by atoms with van der Waals surface area (Å²) in [4.78, 5) is 7.99. The molecule has 0 unspecified atom stereocenters. The molecule has 4 N–H and O–H groups in total. The van der Waals surface area contributed by atoms with Gasteiger partial charge in [0.25, 0.3) is 0 Å². The molecule has 102 valence electrons. The van der Waals surface area contributed by atoms with Crippen molar-refractivity contribution < 1.29 is 10.2 Å². The van der Waals surface area contributed by atoms with Crippen LogP contribution in [0.3, 0.4) is 0 Å². The predicted molar refractivity (Wildman–Crippen MR) is 74.0 cm³/mol.